The molecule has 7 heteroatoms. The van der Waals surface area contributed by atoms with E-state index in [9.17, 15) is 9.59 Å². The van der Waals surface area contributed by atoms with Crippen molar-refractivity contribution in [2.24, 2.45) is 0 Å². The number of hydrogen-bond donors (Lipinski definition) is 1. The maximum absolute atomic E-state index is 12.8. The van der Waals surface area contributed by atoms with Crippen LogP contribution in [0.5, 0.6) is 5.75 Å². The lowest BCUT2D eigenvalue weighted by Crippen LogP contribution is -2.32. The Morgan fingerprint density at radius 3 is 2.83 bits per heavy atom. The highest BCUT2D eigenvalue weighted by atomic mass is 35.5. The first-order chi connectivity index (χ1) is 14.4. The smallest absolute Gasteiger partial charge is 0.308 e. The Labute approximate surface area is 180 Å². The van der Waals surface area contributed by atoms with Crippen LogP contribution >= 0.6 is 11.6 Å². The molecule has 0 unspecified atom stereocenters. The third kappa shape index (κ3) is 4.83. The van der Waals surface area contributed by atoms with Crippen molar-refractivity contribution >= 4 is 29.2 Å². The summed E-state index contributed by atoms with van der Waals surface area (Å²) in [5.41, 5.74) is 2.95. The topological polar surface area (TPSA) is 73.9 Å². The van der Waals surface area contributed by atoms with Gasteiger partial charge in [0.15, 0.2) is 0 Å². The number of hydrogen-bond acceptors (Lipinski definition) is 5. The van der Waals surface area contributed by atoms with Gasteiger partial charge in [0.25, 0.3) is 5.91 Å². The molecule has 2 atom stereocenters. The number of fused-ring (bicyclic) bond motifs is 1. The Kier molecular flexibility index (Phi) is 7.13. The minimum absolute atomic E-state index is 0.191. The molecule has 1 N–H and O–H groups in total. The van der Waals surface area contributed by atoms with E-state index >= 15 is 0 Å². The molecular weight excluding hydrogens is 406 g/mol. The molecule has 0 fully saturated rings. The number of benzene rings is 2. The van der Waals surface area contributed by atoms with Gasteiger partial charge in [-0.05, 0) is 49.2 Å². The summed E-state index contributed by atoms with van der Waals surface area (Å²) >= 11 is 6.24. The third-order valence-electron chi connectivity index (χ3n) is 4.77. The molecule has 0 aromatic heterocycles. The molecule has 0 radical (unpaired) electrons. The zero-order chi connectivity index (χ0) is 21.7. The van der Waals surface area contributed by atoms with Crippen LogP contribution in [0.4, 0.5) is 5.69 Å². The lowest BCUT2D eigenvalue weighted by molar-refractivity contribution is -0.150. The fourth-order valence-electron chi connectivity index (χ4n) is 3.35. The van der Waals surface area contributed by atoms with Gasteiger partial charge in [-0.3, -0.25) is 9.59 Å². The van der Waals surface area contributed by atoms with Crippen molar-refractivity contribution in [3.8, 4) is 5.75 Å². The van der Waals surface area contributed by atoms with Crippen LogP contribution in [0.3, 0.4) is 0 Å². The molecule has 158 valence electrons. The lowest BCUT2D eigenvalue weighted by Gasteiger charge is -2.24. The Morgan fingerprint density at radius 2 is 2.10 bits per heavy atom. The number of carbonyl (C=O) groups is 2. The van der Waals surface area contributed by atoms with Crippen molar-refractivity contribution in [3.63, 3.8) is 0 Å². The average molecular weight is 430 g/mol. The van der Waals surface area contributed by atoms with Gasteiger partial charge in [-0.25, -0.2) is 0 Å². The van der Waals surface area contributed by atoms with Crippen molar-refractivity contribution in [1.82, 2.24) is 0 Å². The molecule has 30 heavy (non-hydrogen) atoms. The van der Waals surface area contributed by atoms with Crippen molar-refractivity contribution in [2.75, 3.05) is 18.5 Å². The standard InChI is InChI=1S/C23H24ClNO5/c1-4-11-29-19-8-6-7-16(14(19)3)22-17-12-15(24)9-10-18(17)25-23(27)20(30-22)13-21(26)28-5-2/h4,6-10,12,20,22H,1,5,11,13H2,2-3H3,(H,25,27)/t20-,22-/m1/s1. The molecular formula is C23H24ClNO5. The van der Waals surface area contributed by atoms with Gasteiger partial charge in [0, 0.05) is 16.3 Å². The first kappa shape index (κ1) is 21.9. The van der Waals surface area contributed by atoms with Gasteiger partial charge in [0.05, 0.1) is 13.0 Å². The molecule has 0 aliphatic carbocycles. The van der Waals surface area contributed by atoms with E-state index in [-0.39, 0.29) is 13.0 Å². The summed E-state index contributed by atoms with van der Waals surface area (Å²) in [6.07, 6.45) is -0.174. The highest BCUT2D eigenvalue weighted by molar-refractivity contribution is 6.30. The molecule has 1 aliphatic rings. The summed E-state index contributed by atoms with van der Waals surface area (Å²) in [6, 6.07) is 10.8. The van der Waals surface area contributed by atoms with E-state index in [1.54, 1.807) is 31.2 Å². The number of amides is 1. The van der Waals surface area contributed by atoms with E-state index in [4.69, 9.17) is 25.8 Å². The Morgan fingerprint density at radius 1 is 1.30 bits per heavy atom. The first-order valence-electron chi connectivity index (χ1n) is 9.69. The van der Waals surface area contributed by atoms with Crippen LogP contribution in [0.2, 0.25) is 5.02 Å². The van der Waals surface area contributed by atoms with Crippen LogP contribution in [0, 0.1) is 6.92 Å². The predicted molar refractivity (Wildman–Crippen MR) is 115 cm³/mol. The van der Waals surface area contributed by atoms with E-state index in [0.717, 1.165) is 11.1 Å². The van der Waals surface area contributed by atoms with Crippen molar-refractivity contribution in [2.45, 2.75) is 32.5 Å². The molecule has 0 bridgehead atoms. The van der Waals surface area contributed by atoms with Gasteiger partial charge in [-0.15, -0.1) is 0 Å². The van der Waals surface area contributed by atoms with Crippen LogP contribution in [-0.4, -0.2) is 31.2 Å². The van der Waals surface area contributed by atoms with Crippen LogP contribution < -0.4 is 10.1 Å². The second-order valence-corrected chi connectivity index (χ2v) is 7.24. The monoisotopic (exact) mass is 429 g/mol. The average Bonchev–Trinajstić information content (AvgIpc) is 2.84. The molecule has 6 nitrogen and oxygen atoms in total. The van der Waals surface area contributed by atoms with Gasteiger partial charge in [-0.2, -0.15) is 0 Å². The normalized spacial score (nSPS) is 18.0. The number of ether oxygens (including phenoxy) is 3. The van der Waals surface area contributed by atoms with E-state index in [2.05, 4.69) is 11.9 Å². The van der Waals surface area contributed by atoms with Gasteiger partial charge in [0.2, 0.25) is 0 Å². The van der Waals surface area contributed by atoms with Gasteiger partial charge in [0.1, 0.15) is 24.6 Å². The minimum Gasteiger partial charge on any atom is -0.489 e. The van der Waals surface area contributed by atoms with Crippen LogP contribution in [-0.2, 0) is 19.1 Å². The second-order valence-electron chi connectivity index (χ2n) is 6.80. The summed E-state index contributed by atoms with van der Waals surface area (Å²) in [7, 11) is 0. The highest BCUT2D eigenvalue weighted by Gasteiger charge is 2.34. The number of esters is 1. The van der Waals surface area contributed by atoms with Crippen LogP contribution in [0.25, 0.3) is 0 Å². The zero-order valence-electron chi connectivity index (χ0n) is 16.9. The van der Waals surface area contributed by atoms with Crippen LogP contribution in [0.1, 0.15) is 36.1 Å². The first-order valence-corrected chi connectivity index (χ1v) is 10.1. The third-order valence-corrected chi connectivity index (χ3v) is 5.00. The van der Waals surface area contributed by atoms with E-state index < -0.39 is 24.1 Å². The molecule has 1 aliphatic heterocycles. The number of halogens is 1. The molecule has 2 aromatic carbocycles. The van der Waals surface area contributed by atoms with Crippen LogP contribution in [0.15, 0.2) is 49.1 Å². The molecule has 1 amide bonds. The predicted octanol–water partition coefficient (Wildman–Crippen LogP) is 4.59. The van der Waals surface area contributed by atoms with Gasteiger partial charge < -0.3 is 19.5 Å². The fourth-order valence-corrected chi connectivity index (χ4v) is 3.53. The number of nitrogens with one attached hydrogen (secondary N) is 1. The second kappa shape index (κ2) is 9.78. The van der Waals surface area contributed by atoms with Gasteiger partial charge in [-0.1, -0.05) is 36.4 Å². The van der Waals surface area contributed by atoms with E-state index in [1.807, 2.05) is 25.1 Å². The van der Waals surface area contributed by atoms with E-state index in [1.165, 1.54) is 0 Å². The highest BCUT2D eigenvalue weighted by Crippen LogP contribution is 2.40. The largest absolute Gasteiger partial charge is 0.489 e. The molecule has 2 aromatic rings. The SMILES string of the molecule is C=CCOc1cccc([C@H]2O[C@H](CC(=O)OCC)C(=O)Nc3ccc(Cl)cc32)c1C. The fraction of sp³-hybridized carbons (Fsp3) is 0.304. The Hall–Kier alpha value is -2.83. The molecule has 1 heterocycles. The zero-order valence-corrected chi connectivity index (χ0v) is 17.7. The Balaban J connectivity index is 2.05. The molecule has 0 saturated heterocycles. The summed E-state index contributed by atoms with van der Waals surface area (Å²) < 4.78 is 17.0. The number of rotatable bonds is 7. The van der Waals surface area contributed by atoms with Crippen molar-refractivity contribution in [1.29, 1.82) is 0 Å². The Bertz CT molecular complexity index is 959. The number of anilines is 1. The maximum atomic E-state index is 12.8. The maximum Gasteiger partial charge on any atom is 0.308 e. The van der Waals surface area contributed by atoms with E-state index in [0.29, 0.717) is 28.6 Å². The molecule has 0 saturated carbocycles. The van der Waals surface area contributed by atoms with Gasteiger partial charge >= 0.3 is 5.97 Å². The summed E-state index contributed by atoms with van der Waals surface area (Å²) in [5, 5.41) is 3.35. The summed E-state index contributed by atoms with van der Waals surface area (Å²) in [5.74, 6) is -0.226. The lowest BCUT2D eigenvalue weighted by atomic mass is 9.95. The van der Waals surface area contributed by atoms with Crippen molar-refractivity contribution < 1.29 is 23.8 Å². The molecule has 3 rings (SSSR count). The number of carbonyl (C=O) groups excluding carboxylic acids is 2. The summed E-state index contributed by atoms with van der Waals surface area (Å²) in [6.45, 7) is 7.90. The quantitative estimate of drug-likeness (QED) is 0.514. The molecule has 0 spiro atoms. The minimum atomic E-state index is -1.02. The van der Waals surface area contributed by atoms with Crippen molar-refractivity contribution in [3.05, 3.63) is 70.8 Å². The summed E-state index contributed by atoms with van der Waals surface area (Å²) in [4.78, 5) is 24.8.